The van der Waals surface area contributed by atoms with Crippen molar-refractivity contribution in [1.29, 1.82) is 0 Å². The number of rotatable bonds is 3. The van der Waals surface area contributed by atoms with Crippen molar-refractivity contribution in [3.8, 4) is 0 Å². The van der Waals surface area contributed by atoms with Crippen LogP contribution in [0, 0.1) is 5.92 Å². The van der Waals surface area contributed by atoms with E-state index in [1.54, 1.807) is 11.1 Å². The molecule has 4 rings (SSSR count). The van der Waals surface area contributed by atoms with E-state index < -0.39 is 0 Å². The molecule has 0 amide bonds. The molecule has 3 aliphatic rings. The van der Waals surface area contributed by atoms with Gasteiger partial charge >= 0.3 is 0 Å². The third-order valence-electron chi connectivity index (χ3n) is 5.83. The Bertz CT molecular complexity index is 498. The molecule has 2 N–H and O–H groups in total. The second-order valence-electron chi connectivity index (χ2n) is 7.21. The van der Waals surface area contributed by atoms with Crippen molar-refractivity contribution in [3.05, 3.63) is 35.4 Å². The zero-order chi connectivity index (χ0) is 14.8. The van der Waals surface area contributed by atoms with Crippen molar-refractivity contribution in [3.63, 3.8) is 0 Å². The topological polar surface area (TPSA) is 33.3 Å². The Morgan fingerprint density at radius 3 is 2.86 bits per heavy atom. The van der Waals surface area contributed by atoms with E-state index in [1.165, 1.54) is 38.5 Å². The van der Waals surface area contributed by atoms with E-state index in [4.69, 9.17) is 4.74 Å². The molecular weight excluding hydrogens is 272 g/mol. The average Bonchev–Trinajstić information content (AvgIpc) is 3.04. The van der Waals surface area contributed by atoms with E-state index in [2.05, 4.69) is 34.9 Å². The second-order valence-corrected chi connectivity index (χ2v) is 7.21. The second kappa shape index (κ2) is 6.69. The standard InChI is InChI=1S/C19H28N2O/c1-2-5-15-12-16(9-8-14(15)4-1)21-18-7-3-6-17(18)19-13-22-11-10-20-19/h1-2,4-5,16-21H,3,6-13H2. The molecule has 22 heavy (non-hydrogen) atoms. The van der Waals surface area contributed by atoms with Crippen LogP contribution in [0.1, 0.15) is 36.8 Å². The summed E-state index contributed by atoms with van der Waals surface area (Å²) < 4.78 is 5.69. The summed E-state index contributed by atoms with van der Waals surface area (Å²) in [6.45, 7) is 2.79. The summed E-state index contributed by atoms with van der Waals surface area (Å²) in [5.74, 6) is 0.748. The molecule has 1 saturated heterocycles. The third-order valence-corrected chi connectivity index (χ3v) is 5.83. The van der Waals surface area contributed by atoms with E-state index >= 15 is 0 Å². The first-order valence-electron chi connectivity index (χ1n) is 9.04. The number of hydrogen-bond acceptors (Lipinski definition) is 3. The smallest absolute Gasteiger partial charge is 0.0623 e. The van der Waals surface area contributed by atoms with Crippen LogP contribution >= 0.6 is 0 Å². The fourth-order valence-corrected chi connectivity index (χ4v) is 4.68. The summed E-state index contributed by atoms with van der Waals surface area (Å²) in [6, 6.07) is 10.9. The molecule has 0 spiro atoms. The van der Waals surface area contributed by atoms with Crippen LogP contribution in [0.2, 0.25) is 0 Å². The van der Waals surface area contributed by atoms with Crippen molar-refractivity contribution in [2.45, 2.75) is 56.7 Å². The molecule has 1 aliphatic heterocycles. The van der Waals surface area contributed by atoms with Gasteiger partial charge in [0, 0.05) is 24.7 Å². The van der Waals surface area contributed by atoms with Crippen molar-refractivity contribution in [2.24, 2.45) is 5.92 Å². The van der Waals surface area contributed by atoms with E-state index in [1.807, 2.05) is 0 Å². The maximum Gasteiger partial charge on any atom is 0.0623 e. The maximum absolute atomic E-state index is 5.69. The van der Waals surface area contributed by atoms with Gasteiger partial charge in [0.25, 0.3) is 0 Å². The quantitative estimate of drug-likeness (QED) is 0.898. The molecule has 0 radical (unpaired) electrons. The fourth-order valence-electron chi connectivity index (χ4n) is 4.68. The van der Waals surface area contributed by atoms with Gasteiger partial charge in [0.15, 0.2) is 0 Å². The van der Waals surface area contributed by atoms with Gasteiger partial charge in [-0.25, -0.2) is 0 Å². The van der Waals surface area contributed by atoms with Crippen LogP contribution < -0.4 is 10.6 Å². The van der Waals surface area contributed by atoms with Crippen LogP contribution in [-0.4, -0.2) is 37.9 Å². The molecule has 2 aliphatic carbocycles. The minimum atomic E-state index is 0.560. The van der Waals surface area contributed by atoms with Gasteiger partial charge in [-0.2, -0.15) is 0 Å². The van der Waals surface area contributed by atoms with Crippen molar-refractivity contribution in [2.75, 3.05) is 19.8 Å². The van der Waals surface area contributed by atoms with E-state index in [0.29, 0.717) is 18.1 Å². The lowest BCUT2D eigenvalue weighted by molar-refractivity contribution is 0.0515. The molecule has 1 aromatic rings. The van der Waals surface area contributed by atoms with Crippen LogP contribution in [0.5, 0.6) is 0 Å². The molecule has 2 fully saturated rings. The van der Waals surface area contributed by atoms with Gasteiger partial charge in [-0.3, -0.25) is 0 Å². The summed E-state index contributed by atoms with van der Waals surface area (Å²) in [5.41, 5.74) is 3.12. The number of ether oxygens (including phenoxy) is 1. The zero-order valence-corrected chi connectivity index (χ0v) is 13.4. The van der Waals surface area contributed by atoms with Crippen LogP contribution in [0.15, 0.2) is 24.3 Å². The number of benzene rings is 1. The SMILES string of the molecule is c1ccc2c(c1)CCC(NC1CCCC1C1COCCN1)C2. The fraction of sp³-hybridized carbons (Fsp3) is 0.684. The predicted molar refractivity (Wildman–Crippen MR) is 89.1 cm³/mol. The normalized spacial score (nSPS) is 35.3. The first-order valence-corrected chi connectivity index (χ1v) is 9.04. The Kier molecular flexibility index (Phi) is 4.47. The van der Waals surface area contributed by atoms with Gasteiger partial charge in [0.1, 0.15) is 0 Å². The third kappa shape index (κ3) is 3.08. The van der Waals surface area contributed by atoms with Gasteiger partial charge < -0.3 is 15.4 Å². The van der Waals surface area contributed by atoms with E-state index in [-0.39, 0.29) is 0 Å². The Labute approximate surface area is 133 Å². The number of fused-ring (bicyclic) bond motifs is 1. The summed E-state index contributed by atoms with van der Waals surface area (Å²) in [5, 5.41) is 7.69. The van der Waals surface area contributed by atoms with Crippen molar-refractivity contribution >= 4 is 0 Å². The number of morpholine rings is 1. The summed E-state index contributed by atoms with van der Waals surface area (Å²) in [7, 11) is 0. The maximum atomic E-state index is 5.69. The molecule has 1 aromatic carbocycles. The van der Waals surface area contributed by atoms with E-state index in [0.717, 1.165) is 25.7 Å². The van der Waals surface area contributed by atoms with Crippen molar-refractivity contribution in [1.82, 2.24) is 10.6 Å². The van der Waals surface area contributed by atoms with Crippen molar-refractivity contribution < 1.29 is 4.74 Å². The Morgan fingerprint density at radius 1 is 1.09 bits per heavy atom. The molecule has 4 atom stereocenters. The summed E-state index contributed by atoms with van der Waals surface area (Å²) >= 11 is 0. The van der Waals surface area contributed by atoms with Gasteiger partial charge in [0.2, 0.25) is 0 Å². The van der Waals surface area contributed by atoms with Crippen LogP contribution in [0.3, 0.4) is 0 Å². The largest absolute Gasteiger partial charge is 0.379 e. The number of nitrogens with one attached hydrogen (secondary N) is 2. The monoisotopic (exact) mass is 300 g/mol. The van der Waals surface area contributed by atoms with Crippen LogP contribution in [0.25, 0.3) is 0 Å². The molecule has 0 aromatic heterocycles. The lowest BCUT2D eigenvalue weighted by Gasteiger charge is -2.36. The predicted octanol–water partition coefficient (Wildman–Crippen LogP) is 2.29. The van der Waals surface area contributed by atoms with Gasteiger partial charge in [0.05, 0.1) is 13.2 Å². The molecule has 0 bridgehead atoms. The molecule has 3 heteroatoms. The minimum absolute atomic E-state index is 0.560. The highest BCUT2D eigenvalue weighted by molar-refractivity contribution is 5.30. The first kappa shape index (κ1) is 14.7. The zero-order valence-electron chi connectivity index (χ0n) is 13.4. The number of aryl methyl sites for hydroxylation is 1. The lowest BCUT2D eigenvalue weighted by Crippen LogP contribution is -2.53. The van der Waals surface area contributed by atoms with Gasteiger partial charge in [-0.1, -0.05) is 30.7 Å². The molecule has 3 nitrogen and oxygen atoms in total. The van der Waals surface area contributed by atoms with Crippen LogP contribution in [-0.2, 0) is 17.6 Å². The lowest BCUT2D eigenvalue weighted by atomic mass is 9.86. The van der Waals surface area contributed by atoms with Gasteiger partial charge in [-0.15, -0.1) is 0 Å². The Hall–Kier alpha value is -0.900. The molecule has 1 saturated carbocycles. The highest BCUT2D eigenvalue weighted by atomic mass is 16.5. The Balaban J connectivity index is 1.38. The highest BCUT2D eigenvalue weighted by Gasteiger charge is 2.36. The van der Waals surface area contributed by atoms with Gasteiger partial charge in [-0.05, 0) is 49.1 Å². The minimum Gasteiger partial charge on any atom is -0.379 e. The molecule has 120 valence electrons. The first-order chi connectivity index (χ1) is 10.9. The van der Waals surface area contributed by atoms with Crippen LogP contribution in [0.4, 0.5) is 0 Å². The Morgan fingerprint density at radius 2 is 2.00 bits per heavy atom. The molecule has 4 unspecified atom stereocenters. The summed E-state index contributed by atoms with van der Waals surface area (Å²) in [4.78, 5) is 0. The number of hydrogen-bond donors (Lipinski definition) is 2. The molecular formula is C19H28N2O. The molecule has 1 heterocycles. The van der Waals surface area contributed by atoms with E-state index in [9.17, 15) is 0 Å². The highest BCUT2D eigenvalue weighted by Crippen LogP contribution is 2.31. The average molecular weight is 300 g/mol. The summed E-state index contributed by atoms with van der Waals surface area (Å²) in [6.07, 6.45) is 7.77.